The molecule has 0 radical (unpaired) electrons. The van der Waals surface area contributed by atoms with Crippen LogP contribution in [-0.2, 0) is 4.74 Å². The van der Waals surface area contributed by atoms with Gasteiger partial charge in [0.05, 0.1) is 12.2 Å². The summed E-state index contributed by atoms with van der Waals surface area (Å²) >= 11 is 1.30. The van der Waals surface area contributed by atoms with Gasteiger partial charge in [0.2, 0.25) is 0 Å². The molecule has 0 saturated heterocycles. The van der Waals surface area contributed by atoms with Crippen LogP contribution in [0.1, 0.15) is 33.9 Å². The van der Waals surface area contributed by atoms with Crippen LogP contribution < -0.4 is 0 Å². The fraction of sp³-hybridized carbons (Fsp3) is 0.125. The summed E-state index contributed by atoms with van der Waals surface area (Å²) in [5.41, 5.74) is 2.24. The smallest absolute Gasteiger partial charge is 0.338 e. The molecule has 0 saturated carbocycles. The summed E-state index contributed by atoms with van der Waals surface area (Å²) in [7, 11) is 0. The van der Waals surface area contributed by atoms with E-state index in [1.54, 1.807) is 43.3 Å². The topological polar surface area (TPSA) is 26.3 Å². The van der Waals surface area contributed by atoms with Crippen LogP contribution in [0.2, 0.25) is 0 Å². The van der Waals surface area contributed by atoms with Gasteiger partial charge < -0.3 is 4.74 Å². The zero-order chi connectivity index (χ0) is 20.4. The van der Waals surface area contributed by atoms with Gasteiger partial charge in [-0.3, -0.25) is 0 Å². The van der Waals surface area contributed by atoms with Crippen molar-refractivity contribution >= 4 is 27.4 Å². The van der Waals surface area contributed by atoms with E-state index in [1.807, 2.05) is 24.3 Å². The molecule has 1 heterocycles. The predicted octanol–water partition coefficient (Wildman–Crippen LogP) is 6.94. The van der Waals surface area contributed by atoms with Gasteiger partial charge in [-0.2, -0.15) is 0 Å². The molecule has 0 aliphatic heterocycles. The molecule has 5 heteroatoms. The molecule has 1 aromatic heterocycles. The Labute approximate surface area is 171 Å². The maximum absolute atomic E-state index is 15.1. The summed E-state index contributed by atoms with van der Waals surface area (Å²) < 4.78 is 35.1. The molecule has 0 aliphatic carbocycles. The van der Waals surface area contributed by atoms with Gasteiger partial charge in [-0.15, -0.1) is 11.3 Å². The average molecular weight is 408 g/mol. The van der Waals surface area contributed by atoms with E-state index in [9.17, 15) is 9.18 Å². The van der Waals surface area contributed by atoms with E-state index in [-0.39, 0.29) is 11.5 Å². The van der Waals surface area contributed by atoms with Crippen LogP contribution in [0, 0.1) is 5.82 Å². The summed E-state index contributed by atoms with van der Waals surface area (Å²) in [4.78, 5) is 12.5. The van der Waals surface area contributed by atoms with Crippen molar-refractivity contribution in [2.24, 2.45) is 0 Å². The number of alkyl halides is 1. The minimum absolute atomic E-state index is 0.0323. The number of hydrogen-bond donors (Lipinski definition) is 0. The molecule has 0 bridgehead atoms. The van der Waals surface area contributed by atoms with Crippen molar-refractivity contribution in [1.82, 2.24) is 0 Å². The van der Waals surface area contributed by atoms with Crippen LogP contribution in [0.3, 0.4) is 0 Å². The van der Waals surface area contributed by atoms with Gasteiger partial charge in [0.25, 0.3) is 0 Å². The fourth-order valence-electron chi connectivity index (χ4n) is 3.30. The number of halogens is 2. The number of carbonyl (C=O) groups excluding carboxylic acids is 1. The van der Waals surface area contributed by atoms with Gasteiger partial charge in [0, 0.05) is 15.1 Å². The Morgan fingerprint density at radius 2 is 1.83 bits per heavy atom. The number of thiophene rings is 1. The van der Waals surface area contributed by atoms with Crippen LogP contribution in [0.4, 0.5) is 8.78 Å². The van der Waals surface area contributed by atoms with Crippen molar-refractivity contribution in [3.8, 4) is 11.1 Å². The Kier molecular flexibility index (Phi) is 5.41. The molecule has 1 unspecified atom stereocenters. The zero-order valence-corrected chi connectivity index (χ0v) is 16.5. The van der Waals surface area contributed by atoms with Crippen LogP contribution in [0.5, 0.6) is 0 Å². The molecule has 0 aliphatic rings. The highest BCUT2D eigenvalue weighted by Crippen LogP contribution is 2.40. The number of rotatable bonds is 5. The van der Waals surface area contributed by atoms with E-state index < -0.39 is 12.0 Å². The van der Waals surface area contributed by atoms with Crippen molar-refractivity contribution < 1.29 is 18.3 Å². The molecule has 2 nitrogen and oxygen atoms in total. The third kappa shape index (κ3) is 3.78. The van der Waals surface area contributed by atoms with Crippen molar-refractivity contribution in [3.05, 3.63) is 94.6 Å². The number of hydrogen-bond acceptors (Lipinski definition) is 3. The highest BCUT2D eigenvalue weighted by atomic mass is 32.1. The third-order valence-electron chi connectivity index (χ3n) is 4.68. The van der Waals surface area contributed by atoms with Crippen molar-refractivity contribution in [1.29, 1.82) is 0 Å². The maximum Gasteiger partial charge on any atom is 0.338 e. The van der Waals surface area contributed by atoms with Gasteiger partial charge >= 0.3 is 5.97 Å². The monoisotopic (exact) mass is 408 g/mol. The van der Waals surface area contributed by atoms with Gasteiger partial charge in [0.1, 0.15) is 5.82 Å². The first kappa shape index (κ1) is 19.3. The average Bonchev–Trinajstić information content (AvgIpc) is 3.18. The minimum atomic E-state index is -1.53. The molecule has 4 aromatic rings. The molecule has 0 fully saturated rings. The van der Waals surface area contributed by atoms with Crippen molar-refractivity contribution in [2.45, 2.75) is 13.1 Å². The second-order valence-corrected chi connectivity index (χ2v) is 7.64. The summed E-state index contributed by atoms with van der Waals surface area (Å²) in [6.45, 7) is 2.07. The number of carbonyl (C=O) groups is 1. The number of esters is 1. The molecular formula is C24H18F2O2S. The highest BCUT2D eigenvalue weighted by molar-refractivity contribution is 7.19. The molecular weight excluding hydrogens is 390 g/mol. The summed E-state index contributed by atoms with van der Waals surface area (Å²) in [5.74, 6) is -0.934. The third-order valence-corrected chi connectivity index (χ3v) is 5.90. The maximum atomic E-state index is 15.1. The SMILES string of the molecule is CCOC(=O)c1cccc(-c2cccc3cc(C(F)c4ccccc4F)sc23)c1. The van der Waals surface area contributed by atoms with E-state index in [2.05, 4.69) is 0 Å². The first-order valence-corrected chi connectivity index (χ1v) is 10.1. The first-order chi connectivity index (χ1) is 14.1. The molecule has 0 spiro atoms. The van der Waals surface area contributed by atoms with E-state index in [0.717, 1.165) is 21.2 Å². The van der Waals surface area contributed by atoms with Crippen molar-refractivity contribution in [2.75, 3.05) is 6.61 Å². The van der Waals surface area contributed by atoms with E-state index in [4.69, 9.17) is 4.74 Å². The standard InChI is InChI=1S/C24H18F2O2S/c1-2-28-24(27)17-9-5-7-15(13-17)18-11-6-8-16-14-21(29-23(16)18)22(26)19-10-3-4-12-20(19)25/h3-14,22H,2H2,1H3. The molecule has 146 valence electrons. The van der Waals surface area contributed by atoms with Crippen LogP contribution in [0.25, 0.3) is 21.2 Å². The van der Waals surface area contributed by atoms with Crippen LogP contribution in [-0.4, -0.2) is 12.6 Å². The van der Waals surface area contributed by atoms with Crippen LogP contribution >= 0.6 is 11.3 Å². The largest absolute Gasteiger partial charge is 0.462 e. The number of benzene rings is 3. The van der Waals surface area contributed by atoms with Crippen molar-refractivity contribution in [3.63, 3.8) is 0 Å². The Morgan fingerprint density at radius 3 is 2.62 bits per heavy atom. The summed E-state index contributed by atoms with van der Waals surface area (Å²) in [6.07, 6.45) is -1.53. The lowest BCUT2D eigenvalue weighted by atomic mass is 10.0. The quantitative estimate of drug-likeness (QED) is 0.334. The van der Waals surface area contributed by atoms with Gasteiger partial charge in [-0.1, -0.05) is 48.5 Å². The lowest BCUT2D eigenvalue weighted by Gasteiger charge is -2.07. The highest BCUT2D eigenvalue weighted by Gasteiger charge is 2.20. The van der Waals surface area contributed by atoms with E-state index in [0.29, 0.717) is 17.0 Å². The van der Waals surface area contributed by atoms with Gasteiger partial charge in [0.15, 0.2) is 6.17 Å². The lowest BCUT2D eigenvalue weighted by molar-refractivity contribution is 0.0526. The van der Waals surface area contributed by atoms with Crippen LogP contribution in [0.15, 0.2) is 72.8 Å². The summed E-state index contributed by atoms with van der Waals surface area (Å²) in [5, 5.41) is 0.878. The number of fused-ring (bicyclic) bond motifs is 1. The second-order valence-electron chi connectivity index (χ2n) is 6.56. The Morgan fingerprint density at radius 1 is 1.03 bits per heavy atom. The second kappa shape index (κ2) is 8.13. The molecule has 3 aromatic carbocycles. The number of ether oxygens (including phenoxy) is 1. The summed E-state index contributed by atoms with van der Waals surface area (Å²) in [6, 6.07) is 20.6. The first-order valence-electron chi connectivity index (χ1n) is 9.27. The molecule has 0 amide bonds. The molecule has 0 N–H and O–H groups in total. The zero-order valence-electron chi connectivity index (χ0n) is 15.7. The Balaban J connectivity index is 1.77. The van der Waals surface area contributed by atoms with Gasteiger partial charge in [-0.25, -0.2) is 13.6 Å². The Hall–Kier alpha value is -3.05. The predicted molar refractivity (Wildman–Crippen MR) is 113 cm³/mol. The molecule has 1 atom stereocenters. The molecule has 4 rings (SSSR count). The van der Waals surface area contributed by atoms with Gasteiger partial charge in [-0.05, 0) is 47.7 Å². The normalized spacial score (nSPS) is 12.1. The lowest BCUT2D eigenvalue weighted by Crippen LogP contribution is -2.04. The van der Waals surface area contributed by atoms with E-state index >= 15 is 4.39 Å². The minimum Gasteiger partial charge on any atom is -0.462 e. The Bertz CT molecular complexity index is 1180. The molecule has 29 heavy (non-hydrogen) atoms. The fourth-order valence-corrected chi connectivity index (χ4v) is 4.49. The van der Waals surface area contributed by atoms with E-state index in [1.165, 1.54) is 23.5 Å².